The van der Waals surface area contributed by atoms with E-state index in [2.05, 4.69) is 40.9 Å². The highest BCUT2D eigenvalue weighted by atomic mass is 79.9. The fourth-order valence-electron chi connectivity index (χ4n) is 1.95. The molecule has 2 aromatic rings. The Balaban J connectivity index is 2.18. The average Bonchev–Trinajstić information content (AvgIpc) is 2.93. The van der Waals surface area contributed by atoms with E-state index in [1.807, 2.05) is 10.7 Å². The molecular formula is C13H16BrClN2OS. The first-order valence-electron chi connectivity index (χ1n) is 6.23. The van der Waals surface area contributed by atoms with E-state index in [0.717, 1.165) is 33.7 Å². The number of hydrogen-bond donors (Lipinski definition) is 1. The molecule has 0 aliphatic rings. The summed E-state index contributed by atoms with van der Waals surface area (Å²) < 4.78 is 3.46. The van der Waals surface area contributed by atoms with Crippen molar-refractivity contribution in [2.24, 2.45) is 0 Å². The molecule has 0 fully saturated rings. The van der Waals surface area contributed by atoms with Gasteiger partial charge >= 0.3 is 0 Å². The molecule has 0 saturated heterocycles. The SMILES string of the molecule is CCc1cc(CC(O)c2cc(Br)c(Cl)s2)n(CC)n1. The van der Waals surface area contributed by atoms with Gasteiger partial charge in [-0.25, -0.2) is 0 Å². The zero-order chi connectivity index (χ0) is 14.0. The molecule has 1 N–H and O–H groups in total. The molecule has 0 amide bonds. The average molecular weight is 364 g/mol. The van der Waals surface area contributed by atoms with E-state index in [0.29, 0.717) is 10.8 Å². The number of aliphatic hydroxyl groups excluding tert-OH is 1. The maximum absolute atomic E-state index is 10.3. The van der Waals surface area contributed by atoms with Crippen LogP contribution in [0.1, 0.15) is 36.2 Å². The predicted octanol–water partition coefficient (Wildman–Crippen LogP) is 4.22. The second kappa shape index (κ2) is 6.39. The summed E-state index contributed by atoms with van der Waals surface area (Å²) in [6.45, 7) is 4.95. The third kappa shape index (κ3) is 3.40. The van der Waals surface area contributed by atoms with Crippen molar-refractivity contribution in [3.8, 4) is 0 Å². The number of hydrogen-bond acceptors (Lipinski definition) is 3. The Hall–Kier alpha value is -0.360. The molecule has 2 rings (SSSR count). The number of rotatable bonds is 5. The molecule has 1 unspecified atom stereocenters. The number of nitrogens with zero attached hydrogens (tertiary/aromatic N) is 2. The molecule has 0 saturated carbocycles. The minimum Gasteiger partial charge on any atom is -0.387 e. The van der Waals surface area contributed by atoms with Gasteiger partial charge in [-0.1, -0.05) is 18.5 Å². The summed E-state index contributed by atoms with van der Waals surface area (Å²) in [6.07, 6.45) is 0.928. The van der Waals surface area contributed by atoms with Gasteiger partial charge in [-0.15, -0.1) is 11.3 Å². The van der Waals surface area contributed by atoms with E-state index >= 15 is 0 Å². The van der Waals surface area contributed by atoms with E-state index in [-0.39, 0.29) is 0 Å². The standard InChI is InChI=1S/C13H16BrClN2OS/c1-3-8-5-9(17(4-2)16-8)6-11(18)12-7-10(14)13(15)19-12/h5,7,11,18H,3-4,6H2,1-2H3. The largest absolute Gasteiger partial charge is 0.387 e. The molecule has 1 atom stereocenters. The lowest BCUT2D eigenvalue weighted by molar-refractivity contribution is 0.179. The molecule has 2 aromatic heterocycles. The third-order valence-corrected chi connectivity index (χ3v) is 5.55. The Morgan fingerprint density at radius 2 is 2.21 bits per heavy atom. The highest BCUT2D eigenvalue weighted by Gasteiger charge is 2.16. The highest BCUT2D eigenvalue weighted by Crippen LogP contribution is 2.36. The zero-order valence-electron chi connectivity index (χ0n) is 10.9. The molecule has 0 bridgehead atoms. The maximum atomic E-state index is 10.3. The maximum Gasteiger partial charge on any atom is 0.107 e. The Bertz CT molecular complexity index is 547. The summed E-state index contributed by atoms with van der Waals surface area (Å²) in [5.74, 6) is 0. The fraction of sp³-hybridized carbons (Fsp3) is 0.462. The molecule has 3 nitrogen and oxygen atoms in total. The topological polar surface area (TPSA) is 38.0 Å². The number of aryl methyl sites for hydroxylation is 2. The fourth-order valence-corrected chi connectivity index (χ4v) is 3.67. The van der Waals surface area contributed by atoms with Gasteiger partial charge < -0.3 is 5.11 Å². The van der Waals surface area contributed by atoms with Crippen molar-refractivity contribution in [1.29, 1.82) is 0 Å². The zero-order valence-corrected chi connectivity index (χ0v) is 14.0. The van der Waals surface area contributed by atoms with Crippen LogP contribution in [0.4, 0.5) is 0 Å². The van der Waals surface area contributed by atoms with E-state index in [9.17, 15) is 5.11 Å². The first-order valence-corrected chi connectivity index (χ1v) is 8.22. The van der Waals surface area contributed by atoms with Crippen LogP contribution in [0.15, 0.2) is 16.6 Å². The summed E-state index contributed by atoms with van der Waals surface area (Å²) in [5, 5.41) is 14.8. The van der Waals surface area contributed by atoms with Crippen molar-refractivity contribution < 1.29 is 5.11 Å². The van der Waals surface area contributed by atoms with Gasteiger partial charge in [0.05, 0.1) is 11.8 Å². The van der Waals surface area contributed by atoms with Crippen LogP contribution in [0.2, 0.25) is 4.34 Å². The van der Waals surface area contributed by atoms with Crippen LogP contribution in [0.3, 0.4) is 0 Å². The first-order chi connectivity index (χ1) is 9.05. The monoisotopic (exact) mass is 362 g/mol. The lowest BCUT2D eigenvalue weighted by atomic mass is 10.1. The van der Waals surface area contributed by atoms with Crippen LogP contribution in [0.25, 0.3) is 0 Å². The molecular weight excluding hydrogens is 348 g/mol. The van der Waals surface area contributed by atoms with E-state index in [1.165, 1.54) is 11.3 Å². The Morgan fingerprint density at radius 3 is 2.74 bits per heavy atom. The van der Waals surface area contributed by atoms with Gasteiger partial charge in [0.1, 0.15) is 4.34 Å². The van der Waals surface area contributed by atoms with Gasteiger partial charge in [0.15, 0.2) is 0 Å². The van der Waals surface area contributed by atoms with Gasteiger partial charge in [0.2, 0.25) is 0 Å². The smallest absolute Gasteiger partial charge is 0.107 e. The summed E-state index contributed by atoms with van der Waals surface area (Å²) in [5.41, 5.74) is 2.13. The third-order valence-electron chi connectivity index (χ3n) is 2.97. The molecule has 2 heterocycles. The Labute approximate surface area is 130 Å². The summed E-state index contributed by atoms with van der Waals surface area (Å²) in [6, 6.07) is 3.95. The van der Waals surface area contributed by atoms with Gasteiger partial charge in [-0.3, -0.25) is 4.68 Å². The van der Waals surface area contributed by atoms with Crippen LogP contribution < -0.4 is 0 Å². The molecule has 19 heavy (non-hydrogen) atoms. The van der Waals surface area contributed by atoms with Crippen LogP contribution in [0, 0.1) is 0 Å². The van der Waals surface area contributed by atoms with Crippen molar-refractivity contribution in [2.75, 3.05) is 0 Å². The quantitative estimate of drug-likeness (QED) is 0.863. The molecule has 0 spiro atoms. The normalized spacial score (nSPS) is 12.9. The number of aliphatic hydroxyl groups is 1. The Morgan fingerprint density at radius 1 is 1.47 bits per heavy atom. The molecule has 0 aliphatic carbocycles. The molecule has 0 radical (unpaired) electrons. The van der Waals surface area contributed by atoms with Crippen molar-refractivity contribution in [3.63, 3.8) is 0 Å². The van der Waals surface area contributed by atoms with Gasteiger partial charge in [-0.2, -0.15) is 5.10 Å². The van der Waals surface area contributed by atoms with Crippen LogP contribution in [-0.4, -0.2) is 14.9 Å². The minimum atomic E-state index is -0.541. The highest BCUT2D eigenvalue weighted by molar-refractivity contribution is 9.10. The van der Waals surface area contributed by atoms with Gasteiger partial charge in [0.25, 0.3) is 0 Å². The molecule has 0 aliphatic heterocycles. The minimum absolute atomic E-state index is 0.541. The second-order valence-electron chi connectivity index (χ2n) is 4.29. The van der Waals surface area contributed by atoms with E-state index in [4.69, 9.17) is 11.6 Å². The summed E-state index contributed by atoms with van der Waals surface area (Å²) in [7, 11) is 0. The number of thiophene rings is 1. The number of aromatic nitrogens is 2. The van der Waals surface area contributed by atoms with Crippen molar-refractivity contribution >= 4 is 38.9 Å². The van der Waals surface area contributed by atoms with Crippen molar-refractivity contribution in [3.05, 3.63) is 37.2 Å². The Kier molecular flexibility index (Phi) is 5.06. The lowest BCUT2D eigenvalue weighted by Crippen LogP contribution is -2.07. The molecule has 6 heteroatoms. The van der Waals surface area contributed by atoms with Gasteiger partial charge in [-0.05, 0) is 41.4 Å². The van der Waals surface area contributed by atoms with Crippen LogP contribution in [-0.2, 0) is 19.4 Å². The molecule has 104 valence electrons. The predicted molar refractivity (Wildman–Crippen MR) is 83.0 cm³/mol. The lowest BCUT2D eigenvalue weighted by Gasteiger charge is -2.09. The van der Waals surface area contributed by atoms with Gasteiger partial charge in [0, 0.05) is 28.0 Å². The van der Waals surface area contributed by atoms with E-state index in [1.54, 1.807) is 0 Å². The summed E-state index contributed by atoms with van der Waals surface area (Å²) in [4.78, 5) is 0.874. The first kappa shape index (κ1) is 15.0. The van der Waals surface area contributed by atoms with Crippen LogP contribution >= 0.6 is 38.9 Å². The molecule has 0 aromatic carbocycles. The number of halogens is 2. The van der Waals surface area contributed by atoms with Crippen molar-refractivity contribution in [2.45, 2.75) is 39.3 Å². The van der Waals surface area contributed by atoms with Crippen LogP contribution in [0.5, 0.6) is 0 Å². The summed E-state index contributed by atoms with van der Waals surface area (Å²) >= 11 is 10.8. The second-order valence-corrected chi connectivity index (χ2v) is 6.83. The van der Waals surface area contributed by atoms with E-state index < -0.39 is 6.10 Å². The van der Waals surface area contributed by atoms with Crippen molar-refractivity contribution in [1.82, 2.24) is 9.78 Å².